The maximum Gasteiger partial charge on any atom is 0.306 e. The fourth-order valence-electron chi connectivity index (χ4n) is 2.91. The second kappa shape index (κ2) is 9.39. The Morgan fingerprint density at radius 3 is 2.57 bits per heavy atom. The highest BCUT2D eigenvalue weighted by atomic mass is 16.6. The number of aromatic amines is 1. The van der Waals surface area contributed by atoms with Crippen LogP contribution in [-0.2, 0) is 9.53 Å². The molecular weight excluding hydrogens is 356 g/mol. The number of carbonyl (C=O) groups is 2. The fourth-order valence-corrected chi connectivity index (χ4v) is 2.91. The van der Waals surface area contributed by atoms with Gasteiger partial charge in [0.05, 0.1) is 5.56 Å². The number of aromatic nitrogens is 1. The predicted molar refractivity (Wildman–Crippen MR) is 111 cm³/mol. The Kier molecular flexibility index (Phi) is 7.20. The van der Waals surface area contributed by atoms with Crippen LogP contribution in [0.1, 0.15) is 68.8 Å². The van der Waals surface area contributed by atoms with Crippen molar-refractivity contribution in [3.8, 4) is 0 Å². The molecule has 0 bridgehead atoms. The van der Waals surface area contributed by atoms with Crippen molar-refractivity contribution in [1.29, 1.82) is 5.41 Å². The molecule has 0 aliphatic heterocycles. The van der Waals surface area contributed by atoms with E-state index in [-0.39, 0.29) is 17.7 Å². The Labute approximate surface area is 165 Å². The van der Waals surface area contributed by atoms with Gasteiger partial charge in [-0.25, -0.2) is 0 Å². The Bertz CT molecular complexity index is 849. The Hall–Kier alpha value is -2.83. The molecule has 0 fully saturated rings. The molecule has 0 unspecified atom stereocenters. The highest BCUT2D eigenvalue weighted by Crippen LogP contribution is 2.20. The lowest BCUT2D eigenvalue weighted by molar-refractivity contribution is -0.154. The molecule has 28 heavy (non-hydrogen) atoms. The normalized spacial score (nSPS) is 11.4. The first-order valence-electron chi connectivity index (χ1n) is 9.63. The van der Waals surface area contributed by atoms with Crippen LogP contribution in [0.2, 0.25) is 0 Å². The number of hydrogen-bond donors (Lipinski definition) is 4. The number of fused-ring (bicyclic) bond motifs is 1. The topological polar surface area (TPSA) is 121 Å². The van der Waals surface area contributed by atoms with Gasteiger partial charge in [0, 0.05) is 35.6 Å². The number of rotatable bonds is 9. The molecule has 5 N–H and O–H groups in total. The molecule has 0 atom stereocenters. The summed E-state index contributed by atoms with van der Waals surface area (Å²) in [5.74, 6) is -0.341. The minimum atomic E-state index is -0.436. The monoisotopic (exact) mass is 386 g/mol. The Balaban J connectivity index is 1.72. The standard InChI is InChI=1S/C21H30N4O3/c1-21(2,3)28-18(26)8-6-4-5-7-11-24-20(27)16-13-25-17-10-9-14(19(22)23)12-15(16)17/h9-10,12-13,25H,4-8,11H2,1-3H3,(H3,22,23)(H,24,27). The second-order valence-corrected chi connectivity index (χ2v) is 7.88. The van der Waals surface area contributed by atoms with E-state index >= 15 is 0 Å². The number of nitrogen functional groups attached to an aromatic ring is 1. The van der Waals surface area contributed by atoms with Crippen molar-refractivity contribution in [3.05, 3.63) is 35.5 Å². The lowest BCUT2D eigenvalue weighted by atomic mass is 10.1. The number of nitrogens with one attached hydrogen (secondary N) is 3. The number of esters is 1. The smallest absolute Gasteiger partial charge is 0.306 e. The molecule has 152 valence electrons. The first-order chi connectivity index (χ1) is 13.2. The second-order valence-electron chi connectivity index (χ2n) is 7.88. The predicted octanol–water partition coefficient (Wildman–Crippen LogP) is 3.47. The molecule has 0 aliphatic carbocycles. The zero-order chi connectivity index (χ0) is 20.7. The van der Waals surface area contributed by atoms with Gasteiger partial charge in [0.25, 0.3) is 5.91 Å². The van der Waals surface area contributed by atoms with Crippen LogP contribution in [0.15, 0.2) is 24.4 Å². The average molecular weight is 386 g/mol. The van der Waals surface area contributed by atoms with E-state index in [1.54, 1.807) is 18.3 Å². The van der Waals surface area contributed by atoms with Crippen LogP contribution in [0.3, 0.4) is 0 Å². The summed E-state index contributed by atoms with van der Waals surface area (Å²) >= 11 is 0. The summed E-state index contributed by atoms with van der Waals surface area (Å²) in [7, 11) is 0. The molecule has 7 nitrogen and oxygen atoms in total. The van der Waals surface area contributed by atoms with E-state index in [0.717, 1.165) is 36.6 Å². The van der Waals surface area contributed by atoms with Gasteiger partial charge >= 0.3 is 5.97 Å². The first-order valence-corrected chi connectivity index (χ1v) is 9.63. The average Bonchev–Trinajstić information content (AvgIpc) is 3.02. The van der Waals surface area contributed by atoms with Crippen molar-refractivity contribution in [2.45, 2.75) is 58.5 Å². The van der Waals surface area contributed by atoms with Gasteiger partial charge in [-0.15, -0.1) is 0 Å². The number of benzene rings is 1. The van der Waals surface area contributed by atoms with E-state index in [4.69, 9.17) is 15.9 Å². The van der Waals surface area contributed by atoms with Crippen LogP contribution in [-0.4, -0.2) is 34.8 Å². The summed E-state index contributed by atoms with van der Waals surface area (Å²) < 4.78 is 5.28. The molecule has 2 rings (SSSR count). The third-order valence-corrected chi connectivity index (χ3v) is 4.25. The number of H-pyrrole nitrogens is 1. The van der Waals surface area contributed by atoms with Crippen LogP contribution in [0, 0.1) is 5.41 Å². The molecule has 1 aromatic heterocycles. The largest absolute Gasteiger partial charge is 0.460 e. The van der Waals surface area contributed by atoms with Crippen LogP contribution < -0.4 is 11.1 Å². The summed E-state index contributed by atoms with van der Waals surface area (Å²) in [4.78, 5) is 27.1. The summed E-state index contributed by atoms with van der Waals surface area (Å²) in [5, 5.41) is 11.2. The van der Waals surface area contributed by atoms with E-state index in [1.165, 1.54) is 0 Å². The van der Waals surface area contributed by atoms with Crippen LogP contribution in [0.4, 0.5) is 0 Å². The van der Waals surface area contributed by atoms with Crippen molar-refractivity contribution in [2.24, 2.45) is 5.73 Å². The summed E-state index contributed by atoms with van der Waals surface area (Å²) in [5.41, 5.74) is 7.06. The molecule has 2 aromatic rings. The van der Waals surface area contributed by atoms with E-state index in [0.29, 0.717) is 24.1 Å². The Morgan fingerprint density at radius 2 is 1.89 bits per heavy atom. The molecule has 0 radical (unpaired) electrons. The number of unbranched alkanes of at least 4 members (excludes halogenated alkanes) is 3. The maximum absolute atomic E-state index is 12.4. The minimum absolute atomic E-state index is 0.0270. The van der Waals surface area contributed by atoms with Crippen LogP contribution in [0.25, 0.3) is 10.9 Å². The van der Waals surface area contributed by atoms with Gasteiger partial charge in [-0.3, -0.25) is 15.0 Å². The molecular formula is C21H30N4O3. The number of amides is 1. The molecule has 0 saturated heterocycles. The van der Waals surface area contributed by atoms with Gasteiger partial charge in [-0.2, -0.15) is 0 Å². The minimum Gasteiger partial charge on any atom is -0.460 e. The third-order valence-electron chi connectivity index (χ3n) is 4.25. The highest BCUT2D eigenvalue weighted by molar-refractivity contribution is 6.08. The van der Waals surface area contributed by atoms with Crippen molar-refractivity contribution in [3.63, 3.8) is 0 Å². The van der Waals surface area contributed by atoms with E-state index in [9.17, 15) is 9.59 Å². The summed E-state index contributed by atoms with van der Waals surface area (Å²) in [6.45, 7) is 6.16. The van der Waals surface area contributed by atoms with Crippen molar-refractivity contribution in [1.82, 2.24) is 10.3 Å². The number of ether oxygens (including phenoxy) is 1. The van der Waals surface area contributed by atoms with Gasteiger partial charge in [0.15, 0.2) is 0 Å². The molecule has 1 aromatic carbocycles. The van der Waals surface area contributed by atoms with Gasteiger partial charge < -0.3 is 20.8 Å². The number of amidine groups is 1. The van der Waals surface area contributed by atoms with Crippen molar-refractivity contribution in [2.75, 3.05) is 6.54 Å². The summed E-state index contributed by atoms with van der Waals surface area (Å²) in [6, 6.07) is 5.31. The third kappa shape index (κ3) is 6.40. The van der Waals surface area contributed by atoms with Gasteiger partial charge in [0.1, 0.15) is 11.4 Å². The molecule has 1 amide bonds. The van der Waals surface area contributed by atoms with Gasteiger partial charge in [-0.05, 0) is 51.8 Å². The van der Waals surface area contributed by atoms with E-state index < -0.39 is 5.60 Å². The number of nitrogens with two attached hydrogens (primary N) is 1. The molecule has 0 saturated carbocycles. The first kappa shape index (κ1) is 21.5. The highest BCUT2D eigenvalue weighted by Gasteiger charge is 2.15. The van der Waals surface area contributed by atoms with Crippen molar-refractivity contribution < 1.29 is 14.3 Å². The quantitative estimate of drug-likeness (QED) is 0.228. The lowest BCUT2D eigenvalue weighted by Crippen LogP contribution is -2.24. The Morgan fingerprint density at radius 1 is 1.18 bits per heavy atom. The fraction of sp³-hybridized carbons (Fsp3) is 0.476. The number of carbonyl (C=O) groups excluding carboxylic acids is 2. The van der Waals surface area contributed by atoms with Crippen LogP contribution >= 0.6 is 0 Å². The lowest BCUT2D eigenvalue weighted by Gasteiger charge is -2.19. The van der Waals surface area contributed by atoms with E-state index in [1.807, 2.05) is 26.8 Å². The molecule has 7 heteroatoms. The molecule has 0 spiro atoms. The van der Waals surface area contributed by atoms with E-state index in [2.05, 4.69) is 10.3 Å². The molecule has 0 aliphatic rings. The zero-order valence-corrected chi connectivity index (χ0v) is 16.9. The van der Waals surface area contributed by atoms with Gasteiger partial charge in [-0.1, -0.05) is 12.8 Å². The SMILES string of the molecule is CC(C)(C)OC(=O)CCCCCCNC(=O)c1c[nH]c2ccc(C(=N)N)cc12. The summed E-state index contributed by atoms with van der Waals surface area (Å²) in [6.07, 6.45) is 5.60. The maximum atomic E-state index is 12.4. The molecule has 1 heterocycles. The van der Waals surface area contributed by atoms with Gasteiger partial charge in [0.2, 0.25) is 0 Å². The zero-order valence-electron chi connectivity index (χ0n) is 16.9. The van der Waals surface area contributed by atoms with Crippen molar-refractivity contribution >= 4 is 28.6 Å². The number of hydrogen-bond acceptors (Lipinski definition) is 4. The van der Waals surface area contributed by atoms with Crippen LogP contribution in [0.5, 0.6) is 0 Å².